The molecule has 0 unspecified atom stereocenters. The van der Waals surface area contributed by atoms with Crippen LogP contribution in [0.15, 0.2) is 27.2 Å². The summed E-state index contributed by atoms with van der Waals surface area (Å²) >= 11 is 5.44. The van der Waals surface area contributed by atoms with Crippen molar-refractivity contribution in [3.8, 4) is 0 Å². The fraction of sp³-hybridized carbons (Fsp3) is 0.214. The molecule has 3 aromatic rings. The fourth-order valence-corrected chi connectivity index (χ4v) is 4.72. The highest BCUT2D eigenvalue weighted by atomic mass is 32.2. The number of hydrogen-bond donors (Lipinski definition) is 2. The van der Waals surface area contributed by atoms with E-state index in [4.69, 9.17) is 0 Å². The van der Waals surface area contributed by atoms with Gasteiger partial charge in [-0.15, -0.1) is 32.9 Å². The zero-order chi connectivity index (χ0) is 17.6. The molecule has 0 saturated carbocycles. The second-order valence-electron chi connectivity index (χ2n) is 4.81. The number of hydrogen-bond acceptors (Lipinski definition) is 9. The van der Waals surface area contributed by atoms with Crippen LogP contribution in [0, 0.1) is 6.92 Å². The minimum Gasteiger partial charge on any atom is -0.301 e. The number of rotatable bonds is 7. The fourth-order valence-electron chi connectivity index (χ4n) is 1.75. The number of thiazole rings is 1. The highest BCUT2D eigenvalue weighted by molar-refractivity contribution is 8.01. The number of thioether (sulfide) groups is 1. The molecular weight excluding hydrogens is 398 g/mol. The molecule has 11 heteroatoms. The van der Waals surface area contributed by atoms with Crippen LogP contribution < -0.4 is 10.6 Å². The van der Waals surface area contributed by atoms with Gasteiger partial charge in [-0.25, -0.2) is 4.98 Å². The largest absolute Gasteiger partial charge is 0.301 e. The van der Waals surface area contributed by atoms with Gasteiger partial charge in [0.05, 0.1) is 17.9 Å². The lowest BCUT2D eigenvalue weighted by Gasteiger charge is -1.99. The molecule has 0 atom stereocenters. The summed E-state index contributed by atoms with van der Waals surface area (Å²) in [5.74, 6) is -0.0824. The number of amides is 2. The van der Waals surface area contributed by atoms with Crippen LogP contribution in [-0.2, 0) is 16.0 Å². The Kier molecular flexibility index (Phi) is 6.13. The molecule has 0 bridgehead atoms. The first-order chi connectivity index (χ1) is 12.1. The van der Waals surface area contributed by atoms with Crippen LogP contribution in [0.25, 0.3) is 0 Å². The highest BCUT2D eigenvalue weighted by Crippen LogP contribution is 2.26. The molecule has 0 aliphatic rings. The van der Waals surface area contributed by atoms with E-state index in [2.05, 4.69) is 25.8 Å². The normalized spacial score (nSPS) is 10.6. The third-order valence-corrected chi connectivity index (χ3v) is 6.48. The van der Waals surface area contributed by atoms with Gasteiger partial charge in [0.2, 0.25) is 16.9 Å². The predicted octanol–water partition coefficient (Wildman–Crippen LogP) is 3.28. The van der Waals surface area contributed by atoms with E-state index in [1.54, 1.807) is 0 Å². The van der Waals surface area contributed by atoms with Crippen molar-refractivity contribution < 1.29 is 9.59 Å². The summed E-state index contributed by atoms with van der Waals surface area (Å²) in [6.07, 6.45) is 0.315. The lowest BCUT2D eigenvalue weighted by atomic mass is 10.3. The average Bonchev–Trinajstić information content (AvgIpc) is 3.29. The molecule has 0 fully saturated rings. The smallest absolute Gasteiger partial charge is 0.236 e. The van der Waals surface area contributed by atoms with Crippen molar-refractivity contribution in [1.29, 1.82) is 0 Å². The van der Waals surface area contributed by atoms with Gasteiger partial charge in [-0.3, -0.25) is 9.59 Å². The Bertz CT molecular complexity index is 858. The van der Waals surface area contributed by atoms with Gasteiger partial charge in [-0.05, 0) is 18.4 Å². The van der Waals surface area contributed by atoms with Crippen LogP contribution in [0.5, 0.6) is 0 Å². The Morgan fingerprint density at radius 2 is 2.00 bits per heavy atom. The molecule has 3 rings (SSSR count). The van der Waals surface area contributed by atoms with Crippen LogP contribution in [0.2, 0.25) is 0 Å². The van der Waals surface area contributed by atoms with Gasteiger partial charge < -0.3 is 10.6 Å². The number of aromatic nitrogens is 3. The molecule has 0 radical (unpaired) electrons. The third kappa shape index (κ3) is 5.59. The van der Waals surface area contributed by atoms with E-state index in [1.165, 1.54) is 45.8 Å². The molecule has 25 heavy (non-hydrogen) atoms. The number of thiophene rings is 1. The molecule has 130 valence electrons. The van der Waals surface area contributed by atoms with Crippen LogP contribution in [0.3, 0.4) is 0 Å². The molecule has 0 saturated heterocycles. The topological polar surface area (TPSA) is 96.9 Å². The summed E-state index contributed by atoms with van der Waals surface area (Å²) in [4.78, 5) is 29.0. The monoisotopic (exact) mass is 411 g/mol. The molecule has 0 aromatic carbocycles. The van der Waals surface area contributed by atoms with E-state index in [0.717, 1.165) is 10.6 Å². The second kappa shape index (κ2) is 8.52. The number of nitrogens with zero attached hydrogens (tertiary/aromatic N) is 3. The molecule has 0 spiro atoms. The summed E-state index contributed by atoms with van der Waals surface area (Å²) in [7, 11) is 0. The maximum absolute atomic E-state index is 11.9. The second-order valence-corrected chi connectivity index (χ2v) is 8.90. The van der Waals surface area contributed by atoms with E-state index in [9.17, 15) is 9.59 Å². The zero-order valence-electron chi connectivity index (χ0n) is 13.0. The summed E-state index contributed by atoms with van der Waals surface area (Å²) in [6, 6.07) is 3.82. The van der Waals surface area contributed by atoms with Gasteiger partial charge >= 0.3 is 0 Å². The van der Waals surface area contributed by atoms with Crippen molar-refractivity contribution in [3.63, 3.8) is 0 Å². The molecular formula is C14H13N5O2S4. The Morgan fingerprint density at radius 3 is 2.72 bits per heavy atom. The standard InChI is InChI=1S/C14H13N5O2S4/c1-8-6-23-12(15-8)17-11(21)7-24-14-19-18-13(25-14)16-10(20)5-9-3-2-4-22-9/h2-4,6H,5,7H2,1H3,(H,15,17,21)(H,16,18,20). The first kappa shape index (κ1) is 18.0. The van der Waals surface area contributed by atoms with Crippen LogP contribution in [0.1, 0.15) is 10.6 Å². The van der Waals surface area contributed by atoms with Gasteiger partial charge in [0.25, 0.3) is 0 Å². The summed E-state index contributed by atoms with van der Waals surface area (Å²) in [5.41, 5.74) is 0.875. The van der Waals surface area contributed by atoms with E-state index in [1.807, 2.05) is 29.8 Å². The molecule has 7 nitrogen and oxygen atoms in total. The van der Waals surface area contributed by atoms with Crippen LogP contribution in [-0.4, -0.2) is 32.7 Å². The third-order valence-electron chi connectivity index (χ3n) is 2.76. The lowest BCUT2D eigenvalue weighted by molar-refractivity contribution is -0.115. The Morgan fingerprint density at radius 1 is 1.16 bits per heavy atom. The molecule has 0 aliphatic heterocycles. The lowest BCUT2D eigenvalue weighted by Crippen LogP contribution is -2.13. The maximum Gasteiger partial charge on any atom is 0.236 e. The van der Waals surface area contributed by atoms with Crippen molar-refractivity contribution in [2.24, 2.45) is 0 Å². The van der Waals surface area contributed by atoms with Crippen molar-refractivity contribution in [2.75, 3.05) is 16.4 Å². The minimum absolute atomic E-state index is 0.132. The maximum atomic E-state index is 11.9. The Balaban J connectivity index is 1.45. The van der Waals surface area contributed by atoms with Gasteiger partial charge in [-0.2, -0.15) is 0 Å². The number of carbonyl (C=O) groups is 2. The average molecular weight is 412 g/mol. The first-order valence-electron chi connectivity index (χ1n) is 7.09. The van der Waals surface area contributed by atoms with E-state index in [0.29, 0.717) is 21.0 Å². The summed E-state index contributed by atoms with van der Waals surface area (Å²) < 4.78 is 0.622. The van der Waals surface area contributed by atoms with Gasteiger partial charge in [0.15, 0.2) is 9.47 Å². The molecule has 3 heterocycles. The Hall–Kier alpha value is -1.82. The van der Waals surface area contributed by atoms with Crippen molar-refractivity contribution in [3.05, 3.63) is 33.5 Å². The minimum atomic E-state index is -0.155. The Labute approximate surface area is 159 Å². The number of anilines is 2. The van der Waals surface area contributed by atoms with Crippen molar-refractivity contribution >= 4 is 67.8 Å². The van der Waals surface area contributed by atoms with E-state index >= 15 is 0 Å². The quantitative estimate of drug-likeness (QED) is 0.457. The zero-order valence-corrected chi connectivity index (χ0v) is 16.3. The van der Waals surface area contributed by atoms with Gasteiger partial charge in [0.1, 0.15) is 0 Å². The first-order valence-corrected chi connectivity index (χ1v) is 10.6. The summed E-state index contributed by atoms with van der Waals surface area (Å²) in [5, 5.41) is 18.2. The summed E-state index contributed by atoms with van der Waals surface area (Å²) in [6.45, 7) is 1.87. The van der Waals surface area contributed by atoms with E-state index < -0.39 is 0 Å². The van der Waals surface area contributed by atoms with Gasteiger partial charge in [0, 0.05) is 10.3 Å². The van der Waals surface area contributed by atoms with Crippen molar-refractivity contribution in [1.82, 2.24) is 15.2 Å². The highest BCUT2D eigenvalue weighted by Gasteiger charge is 2.12. The number of carbonyl (C=O) groups excluding carboxylic acids is 2. The van der Waals surface area contributed by atoms with Crippen LogP contribution in [0.4, 0.5) is 10.3 Å². The molecule has 2 amide bonds. The number of aryl methyl sites for hydroxylation is 1. The SMILES string of the molecule is Cc1csc(NC(=O)CSc2nnc(NC(=O)Cc3cccs3)s2)n1. The van der Waals surface area contributed by atoms with E-state index in [-0.39, 0.29) is 17.6 Å². The molecule has 2 N–H and O–H groups in total. The number of nitrogens with one attached hydrogen (secondary N) is 2. The molecule has 3 aromatic heterocycles. The van der Waals surface area contributed by atoms with Gasteiger partial charge in [-0.1, -0.05) is 29.2 Å². The van der Waals surface area contributed by atoms with Crippen molar-refractivity contribution in [2.45, 2.75) is 17.7 Å². The van der Waals surface area contributed by atoms with Crippen LogP contribution >= 0.6 is 45.8 Å². The molecule has 0 aliphatic carbocycles. The predicted molar refractivity (Wildman–Crippen MR) is 103 cm³/mol.